The summed E-state index contributed by atoms with van der Waals surface area (Å²) in [6.45, 7) is 3.77. The van der Waals surface area contributed by atoms with E-state index >= 15 is 0 Å². The molecular formula is C21H20N2O5S2. The van der Waals surface area contributed by atoms with Gasteiger partial charge in [-0.15, -0.1) is 11.0 Å². The number of sulfonamides is 1. The first-order valence-corrected chi connectivity index (χ1v) is 11.1. The van der Waals surface area contributed by atoms with Gasteiger partial charge in [0, 0.05) is 18.2 Å². The van der Waals surface area contributed by atoms with Crippen LogP contribution in [0.5, 0.6) is 11.5 Å². The van der Waals surface area contributed by atoms with Crippen LogP contribution in [0.15, 0.2) is 75.4 Å². The zero-order valence-electron chi connectivity index (χ0n) is 16.4. The molecule has 0 saturated carbocycles. The normalized spacial score (nSPS) is 16.9. The van der Waals surface area contributed by atoms with E-state index < -0.39 is 10.0 Å². The predicted octanol–water partition coefficient (Wildman–Crippen LogP) is 3.55. The number of nitrogens with zero attached hydrogens (tertiary/aromatic N) is 2. The second kappa shape index (κ2) is 9.19. The van der Waals surface area contributed by atoms with E-state index in [9.17, 15) is 13.2 Å². The van der Waals surface area contributed by atoms with Crippen LogP contribution in [0.25, 0.3) is 6.08 Å². The first-order valence-electron chi connectivity index (χ1n) is 8.84. The molecule has 3 rings (SSSR count). The Balaban J connectivity index is 2.01. The molecule has 0 aromatic heterocycles. The number of hydrogen-bond donors (Lipinski definition) is 0. The monoisotopic (exact) mass is 444 g/mol. The number of methoxy groups -OCH3 is 2. The first-order chi connectivity index (χ1) is 14.4. The fourth-order valence-electron chi connectivity index (χ4n) is 2.69. The van der Waals surface area contributed by atoms with Crippen LogP contribution in [0.1, 0.15) is 5.56 Å². The van der Waals surface area contributed by atoms with E-state index in [1.807, 2.05) is 0 Å². The third-order valence-electron chi connectivity index (χ3n) is 4.17. The van der Waals surface area contributed by atoms with Gasteiger partial charge in [0.1, 0.15) is 11.5 Å². The molecule has 30 heavy (non-hydrogen) atoms. The lowest BCUT2D eigenvalue weighted by Crippen LogP contribution is -2.29. The molecule has 0 spiro atoms. The van der Waals surface area contributed by atoms with Gasteiger partial charge in [-0.05, 0) is 42.1 Å². The van der Waals surface area contributed by atoms with Crippen molar-refractivity contribution in [3.05, 3.63) is 71.7 Å². The number of thioether (sulfide) groups is 1. The van der Waals surface area contributed by atoms with Crippen LogP contribution in [0, 0.1) is 0 Å². The van der Waals surface area contributed by atoms with Crippen molar-refractivity contribution in [1.29, 1.82) is 0 Å². The number of ether oxygens (including phenoxy) is 2. The van der Waals surface area contributed by atoms with E-state index in [1.165, 1.54) is 30.2 Å². The highest BCUT2D eigenvalue weighted by atomic mass is 32.2. The Morgan fingerprint density at radius 3 is 2.50 bits per heavy atom. The Bertz CT molecular complexity index is 1130. The van der Waals surface area contributed by atoms with Crippen LogP contribution >= 0.6 is 11.8 Å². The molecule has 0 unspecified atom stereocenters. The van der Waals surface area contributed by atoms with Crippen LogP contribution in [0.2, 0.25) is 0 Å². The standard InChI is InChI=1S/C21H20N2O5S2/c1-4-12-23-20(24)19(13-15-10-11-16(27-2)14-18(15)28-3)29-21(23)22-30(25,26)17-8-6-5-7-9-17/h4-11,13-14H,1,12H2,2-3H3/b19-13-,22-21-. The zero-order chi connectivity index (χ0) is 21.7. The molecule has 0 N–H and O–H groups in total. The van der Waals surface area contributed by atoms with E-state index in [4.69, 9.17) is 9.47 Å². The van der Waals surface area contributed by atoms with Gasteiger partial charge in [0.2, 0.25) is 0 Å². The van der Waals surface area contributed by atoms with Gasteiger partial charge in [0.25, 0.3) is 15.9 Å². The molecular weight excluding hydrogens is 424 g/mol. The van der Waals surface area contributed by atoms with E-state index in [0.717, 1.165) is 11.8 Å². The summed E-state index contributed by atoms with van der Waals surface area (Å²) >= 11 is 0.986. The molecule has 1 amide bonds. The Labute approximate surface area is 179 Å². The van der Waals surface area contributed by atoms with Crippen LogP contribution < -0.4 is 9.47 Å². The van der Waals surface area contributed by atoms with Gasteiger partial charge in [-0.25, -0.2) is 0 Å². The quantitative estimate of drug-likeness (QED) is 0.480. The molecule has 156 valence electrons. The molecule has 0 radical (unpaired) electrons. The summed E-state index contributed by atoms with van der Waals surface area (Å²) in [5, 5.41) is 0.0717. The largest absolute Gasteiger partial charge is 0.497 e. The molecule has 1 fully saturated rings. The fraction of sp³-hybridized carbons (Fsp3) is 0.143. The number of amidine groups is 1. The van der Waals surface area contributed by atoms with Crippen molar-refractivity contribution in [2.24, 2.45) is 4.40 Å². The van der Waals surface area contributed by atoms with Gasteiger partial charge in [-0.3, -0.25) is 9.69 Å². The highest BCUT2D eigenvalue weighted by molar-refractivity contribution is 8.19. The van der Waals surface area contributed by atoms with E-state index in [1.54, 1.807) is 49.6 Å². The Kier molecular flexibility index (Phi) is 6.63. The summed E-state index contributed by atoms with van der Waals surface area (Å²) < 4.78 is 39.8. The lowest BCUT2D eigenvalue weighted by molar-refractivity contribution is -0.121. The summed E-state index contributed by atoms with van der Waals surface area (Å²) in [6, 6.07) is 13.1. The number of carbonyl (C=O) groups excluding carboxylic acids is 1. The van der Waals surface area contributed by atoms with Gasteiger partial charge in [-0.1, -0.05) is 24.3 Å². The maximum Gasteiger partial charge on any atom is 0.284 e. The van der Waals surface area contributed by atoms with Gasteiger partial charge in [-0.2, -0.15) is 8.42 Å². The third kappa shape index (κ3) is 4.58. The molecule has 0 aliphatic carbocycles. The molecule has 0 atom stereocenters. The van der Waals surface area contributed by atoms with E-state index in [-0.39, 0.29) is 22.5 Å². The summed E-state index contributed by atoms with van der Waals surface area (Å²) in [7, 11) is -0.900. The Morgan fingerprint density at radius 2 is 1.87 bits per heavy atom. The third-order valence-corrected chi connectivity index (χ3v) is 6.57. The summed E-state index contributed by atoms with van der Waals surface area (Å²) in [6.07, 6.45) is 3.15. The first kappa shape index (κ1) is 21.7. The van der Waals surface area contributed by atoms with Gasteiger partial charge in [0.05, 0.1) is 24.0 Å². The van der Waals surface area contributed by atoms with E-state index in [2.05, 4.69) is 11.0 Å². The maximum absolute atomic E-state index is 12.9. The summed E-state index contributed by atoms with van der Waals surface area (Å²) in [5.41, 5.74) is 0.653. The van der Waals surface area contributed by atoms with Crippen molar-refractivity contribution in [2.45, 2.75) is 4.90 Å². The van der Waals surface area contributed by atoms with Crippen LogP contribution in [-0.4, -0.2) is 45.2 Å². The summed E-state index contributed by atoms with van der Waals surface area (Å²) in [4.78, 5) is 14.6. The number of rotatable bonds is 7. The van der Waals surface area contributed by atoms with Gasteiger partial charge >= 0.3 is 0 Å². The lowest BCUT2D eigenvalue weighted by Gasteiger charge is -2.12. The van der Waals surface area contributed by atoms with Crippen molar-refractivity contribution in [3.63, 3.8) is 0 Å². The molecule has 0 bridgehead atoms. The minimum absolute atomic E-state index is 0.0540. The van der Waals surface area contributed by atoms with Crippen molar-refractivity contribution >= 4 is 38.9 Å². The lowest BCUT2D eigenvalue weighted by atomic mass is 10.1. The second-order valence-corrected chi connectivity index (χ2v) is 8.70. The SMILES string of the molecule is C=CCN1C(=O)/C(=C/c2ccc(OC)cc2OC)S/C1=N\S(=O)(=O)c1ccccc1. The highest BCUT2D eigenvalue weighted by Gasteiger charge is 2.34. The fourth-order valence-corrected chi connectivity index (χ4v) is 4.89. The topological polar surface area (TPSA) is 85.3 Å². The van der Waals surface area contributed by atoms with Gasteiger partial charge < -0.3 is 9.47 Å². The molecule has 2 aromatic rings. The molecule has 2 aromatic carbocycles. The average molecular weight is 445 g/mol. The smallest absolute Gasteiger partial charge is 0.284 e. The molecule has 1 aliphatic heterocycles. The predicted molar refractivity (Wildman–Crippen MR) is 118 cm³/mol. The molecule has 9 heteroatoms. The second-order valence-electron chi connectivity index (χ2n) is 6.08. The minimum atomic E-state index is -3.97. The average Bonchev–Trinajstić information content (AvgIpc) is 3.03. The Hall–Kier alpha value is -3.04. The van der Waals surface area contributed by atoms with E-state index in [0.29, 0.717) is 22.0 Å². The Morgan fingerprint density at radius 1 is 1.13 bits per heavy atom. The molecule has 1 saturated heterocycles. The van der Waals surface area contributed by atoms with Crippen molar-refractivity contribution < 1.29 is 22.7 Å². The molecule has 1 aliphatic rings. The maximum atomic E-state index is 12.9. The number of hydrogen-bond acceptors (Lipinski definition) is 6. The minimum Gasteiger partial charge on any atom is -0.497 e. The van der Waals surface area contributed by atoms with Crippen LogP contribution in [0.4, 0.5) is 0 Å². The highest BCUT2D eigenvalue weighted by Crippen LogP contribution is 2.36. The summed E-state index contributed by atoms with van der Waals surface area (Å²) in [5.74, 6) is 0.775. The van der Waals surface area contributed by atoms with Crippen molar-refractivity contribution in [1.82, 2.24) is 4.90 Å². The van der Waals surface area contributed by atoms with Gasteiger partial charge in [0.15, 0.2) is 5.17 Å². The number of carbonyl (C=O) groups is 1. The molecule has 7 nitrogen and oxygen atoms in total. The number of benzene rings is 2. The van der Waals surface area contributed by atoms with Crippen LogP contribution in [-0.2, 0) is 14.8 Å². The number of amides is 1. The van der Waals surface area contributed by atoms with Crippen molar-refractivity contribution in [2.75, 3.05) is 20.8 Å². The van der Waals surface area contributed by atoms with Crippen LogP contribution in [0.3, 0.4) is 0 Å². The molecule has 1 heterocycles. The zero-order valence-corrected chi connectivity index (χ0v) is 18.1. The van der Waals surface area contributed by atoms with Crippen molar-refractivity contribution in [3.8, 4) is 11.5 Å².